The van der Waals surface area contributed by atoms with Gasteiger partial charge in [-0.05, 0) is 31.0 Å². The van der Waals surface area contributed by atoms with Crippen LogP contribution in [0.2, 0.25) is 0 Å². The monoisotopic (exact) mass is 255 g/mol. The minimum absolute atomic E-state index is 0.196. The first-order chi connectivity index (χ1) is 9.43. The Bertz CT molecular complexity index is 564. The second-order valence-electron chi connectivity index (χ2n) is 5.32. The van der Waals surface area contributed by atoms with Crippen molar-refractivity contribution in [2.45, 2.75) is 25.0 Å². The van der Waals surface area contributed by atoms with E-state index in [1.54, 1.807) is 6.26 Å². The molecule has 0 unspecified atom stereocenters. The lowest BCUT2D eigenvalue weighted by atomic mass is 9.79. The molecule has 2 aliphatic rings. The maximum absolute atomic E-state index is 6.05. The molecule has 1 aromatic heterocycles. The summed E-state index contributed by atoms with van der Waals surface area (Å²) >= 11 is 0. The standard InChI is InChI=1S/C16H17NO2/c1-2-7-13-11(5-1)16-12(6-3-10-19-16)15(17-13)14-8-4-9-18-14/h1-2,4-5,7-9,12,15-17H,3,6,10H2/t12-,15+,16+/m0/s1. The number of rotatable bonds is 1. The minimum atomic E-state index is 0.196. The smallest absolute Gasteiger partial charge is 0.126 e. The number of ether oxygens (including phenoxy) is 1. The van der Waals surface area contributed by atoms with Crippen molar-refractivity contribution in [1.29, 1.82) is 0 Å². The summed E-state index contributed by atoms with van der Waals surface area (Å²) in [6.45, 7) is 0.861. The number of furan rings is 1. The number of benzene rings is 1. The number of hydrogen-bond donors (Lipinski definition) is 1. The Morgan fingerprint density at radius 3 is 2.95 bits per heavy atom. The second-order valence-corrected chi connectivity index (χ2v) is 5.32. The largest absolute Gasteiger partial charge is 0.467 e. The molecule has 0 spiro atoms. The predicted octanol–water partition coefficient (Wildman–Crippen LogP) is 3.91. The lowest BCUT2D eigenvalue weighted by Crippen LogP contribution is -2.35. The van der Waals surface area contributed by atoms with Crippen LogP contribution in [0.1, 0.15) is 36.3 Å². The van der Waals surface area contributed by atoms with Crippen molar-refractivity contribution in [3.63, 3.8) is 0 Å². The van der Waals surface area contributed by atoms with Gasteiger partial charge in [0.15, 0.2) is 0 Å². The van der Waals surface area contributed by atoms with Crippen molar-refractivity contribution in [2.75, 3.05) is 11.9 Å². The molecule has 0 bridgehead atoms. The Hall–Kier alpha value is -1.74. The number of fused-ring (bicyclic) bond motifs is 3. The number of nitrogens with one attached hydrogen (secondary N) is 1. The molecule has 98 valence electrons. The molecule has 19 heavy (non-hydrogen) atoms. The summed E-state index contributed by atoms with van der Waals surface area (Å²) in [5.74, 6) is 1.46. The van der Waals surface area contributed by atoms with Crippen LogP contribution in [-0.2, 0) is 4.74 Å². The molecule has 4 rings (SSSR count). The van der Waals surface area contributed by atoms with Gasteiger partial charge in [-0.3, -0.25) is 0 Å². The van der Waals surface area contributed by atoms with Gasteiger partial charge in [0.05, 0.1) is 18.4 Å². The number of para-hydroxylation sites is 1. The second kappa shape index (κ2) is 4.42. The molecule has 1 N–H and O–H groups in total. The third kappa shape index (κ3) is 1.77. The highest BCUT2D eigenvalue weighted by molar-refractivity contribution is 5.56. The van der Waals surface area contributed by atoms with Gasteiger partial charge in [0.1, 0.15) is 5.76 Å². The zero-order valence-corrected chi connectivity index (χ0v) is 10.7. The topological polar surface area (TPSA) is 34.4 Å². The first kappa shape index (κ1) is 11.1. The lowest BCUT2D eigenvalue weighted by molar-refractivity contribution is -0.0401. The van der Waals surface area contributed by atoms with Crippen LogP contribution in [0, 0.1) is 5.92 Å². The summed E-state index contributed by atoms with van der Waals surface area (Å²) in [5.41, 5.74) is 2.46. The molecule has 0 saturated carbocycles. The predicted molar refractivity (Wildman–Crippen MR) is 72.9 cm³/mol. The molecule has 3 atom stereocenters. The van der Waals surface area contributed by atoms with Crippen LogP contribution in [-0.4, -0.2) is 6.61 Å². The van der Waals surface area contributed by atoms with Crippen LogP contribution >= 0.6 is 0 Å². The molecule has 3 heteroatoms. The van der Waals surface area contributed by atoms with Crippen molar-refractivity contribution < 1.29 is 9.15 Å². The van der Waals surface area contributed by atoms with Gasteiger partial charge < -0.3 is 14.5 Å². The van der Waals surface area contributed by atoms with Gasteiger partial charge in [-0.25, -0.2) is 0 Å². The number of hydrogen-bond acceptors (Lipinski definition) is 3. The van der Waals surface area contributed by atoms with Gasteiger partial charge in [-0.1, -0.05) is 18.2 Å². The summed E-state index contributed by atoms with van der Waals surface area (Å²) in [4.78, 5) is 0. The Balaban J connectivity index is 1.79. The van der Waals surface area contributed by atoms with Crippen LogP contribution in [0.3, 0.4) is 0 Å². The summed E-state index contributed by atoms with van der Waals surface area (Å²) in [7, 11) is 0. The van der Waals surface area contributed by atoms with E-state index in [4.69, 9.17) is 9.15 Å². The summed E-state index contributed by atoms with van der Waals surface area (Å²) in [6.07, 6.45) is 4.25. The zero-order chi connectivity index (χ0) is 12.7. The quantitative estimate of drug-likeness (QED) is 0.838. The summed E-state index contributed by atoms with van der Waals surface area (Å²) in [6, 6.07) is 12.7. The van der Waals surface area contributed by atoms with E-state index in [1.807, 2.05) is 6.07 Å². The van der Waals surface area contributed by atoms with Crippen LogP contribution < -0.4 is 5.32 Å². The van der Waals surface area contributed by atoms with Crippen LogP contribution in [0.5, 0.6) is 0 Å². The SMILES string of the molecule is c1coc([C@@H]2Nc3ccccc3[C@H]3OCCC[C@H]32)c1. The average Bonchev–Trinajstić information content (AvgIpc) is 3.00. The Morgan fingerprint density at radius 1 is 1.11 bits per heavy atom. The van der Waals surface area contributed by atoms with Crippen LogP contribution in [0.15, 0.2) is 47.1 Å². The fourth-order valence-electron chi connectivity index (χ4n) is 3.37. The van der Waals surface area contributed by atoms with E-state index < -0.39 is 0 Å². The van der Waals surface area contributed by atoms with Crippen molar-refractivity contribution in [2.24, 2.45) is 5.92 Å². The molecule has 2 aromatic rings. The molecule has 3 heterocycles. The highest BCUT2D eigenvalue weighted by Gasteiger charge is 2.40. The molecule has 0 aliphatic carbocycles. The minimum Gasteiger partial charge on any atom is -0.467 e. The molecular weight excluding hydrogens is 238 g/mol. The molecule has 2 aliphatic heterocycles. The van der Waals surface area contributed by atoms with Gasteiger partial charge in [0.2, 0.25) is 0 Å². The van der Waals surface area contributed by atoms with E-state index >= 15 is 0 Å². The molecule has 1 fully saturated rings. The van der Waals surface area contributed by atoms with E-state index in [1.165, 1.54) is 17.7 Å². The maximum Gasteiger partial charge on any atom is 0.126 e. The fraction of sp³-hybridized carbons (Fsp3) is 0.375. The Kier molecular flexibility index (Phi) is 2.59. The maximum atomic E-state index is 6.05. The molecule has 3 nitrogen and oxygen atoms in total. The van der Waals surface area contributed by atoms with E-state index in [2.05, 4.69) is 35.6 Å². The third-order valence-corrected chi connectivity index (χ3v) is 4.22. The van der Waals surface area contributed by atoms with Crippen LogP contribution in [0.25, 0.3) is 0 Å². The van der Waals surface area contributed by atoms with Gasteiger partial charge in [-0.2, -0.15) is 0 Å². The van der Waals surface area contributed by atoms with Crippen molar-refractivity contribution in [3.05, 3.63) is 54.0 Å². The van der Waals surface area contributed by atoms with E-state index in [9.17, 15) is 0 Å². The normalized spacial score (nSPS) is 29.2. The Labute approximate surface area is 112 Å². The van der Waals surface area contributed by atoms with Gasteiger partial charge in [-0.15, -0.1) is 0 Å². The third-order valence-electron chi connectivity index (χ3n) is 4.22. The van der Waals surface area contributed by atoms with Gasteiger partial charge in [0.25, 0.3) is 0 Å². The zero-order valence-electron chi connectivity index (χ0n) is 10.7. The van der Waals surface area contributed by atoms with E-state index in [0.29, 0.717) is 5.92 Å². The van der Waals surface area contributed by atoms with Crippen molar-refractivity contribution in [1.82, 2.24) is 0 Å². The van der Waals surface area contributed by atoms with Gasteiger partial charge >= 0.3 is 0 Å². The molecule has 0 amide bonds. The lowest BCUT2D eigenvalue weighted by Gasteiger charge is -2.42. The first-order valence-electron chi connectivity index (χ1n) is 6.94. The molecule has 1 aromatic carbocycles. The Morgan fingerprint density at radius 2 is 2.05 bits per heavy atom. The molecule has 1 saturated heterocycles. The fourth-order valence-corrected chi connectivity index (χ4v) is 3.37. The van der Waals surface area contributed by atoms with E-state index in [-0.39, 0.29) is 12.1 Å². The number of anilines is 1. The summed E-state index contributed by atoms with van der Waals surface area (Å²) in [5, 5.41) is 3.62. The van der Waals surface area contributed by atoms with Crippen LogP contribution in [0.4, 0.5) is 5.69 Å². The molecular formula is C16H17NO2. The van der Waals surface area contributed by atoms with Gasteiger partial charge in [0, 0.05) is 23.8 Å². The first-order valence-corrected chi connectivity index (χ1v) is 6.94. The average molecular weight is 255 g/mol. The summed E-state index contributed by atoms with van der Waals surface area (Å²) < 4.78 is 11.7. The highest BCUT2D eigenvalue weighted by Crippen LogP contribution is 2.48. The molecule has 0 radical (unpaired) electrons. The van der Waals surface area contributed by atoms with E-state index in [0.717, 1.165) is 18.8 Å². The van der Waals surface area contributed by atoms with Crippen molar-refractivity contribution in [3.8, 4) is 0 Å². The highest BCUT2D eigenvalue weighted by atomic mass is 16.5. The van der Waals surface area contributed by atoms with Crippen molar-refractivity contribution >= 4 is 5.69 Å².